The van der Waals surface area contributed by atoms with Gasteiger partial charge in [-0.2, -0.15) is 0 Å². The van der Waals surface area contributed by atoms with Crippen molar-refractivity contribution >= 4 is 45.3 Å². The Kier molecular flexibility index (Phi) is 4.89. The average molecular weight is 388 g/mol. The molecule has 3 heterocycles. The minimum absolute atomic E-state index is 0.116. The molecule has 0 unspecified atom stereocenters. The van der Waals surface area contributed by atoms with Crippen LogP contribution in [0.3, 0.4) is 0 Å². The third kappa shape index (κ3) is 3.58. The lowest BCUT2D eigenvalue weighted by Crippen LogP contribution is -2.39. The normalized spacial score (nSPS) is 12.9. The lowest BCUT2D eigenvalue weighted by Gasteiger charge is -2.06. The van der Waals surface area contributed by atoms with Gasteiger partial charge in [0.15, 0.2) is 0 Å². The van der Waals surface area contributed by atoms with Crippen LogP contribution in [0, 0.1) is 0 Å². The number of imide groups is 1. The van der Waals surface area contributed by atoms with E-state index in [4.69, 9.17) is 4.42 Å². The summed E-state index contributed by atoms with van der Waals surface area (Å²) in [6.45, 7) is 0.229. The van der Waals surface area contributed by atoms with E-state index in [0.717, 1.165) is 34.5 Å². The Labute approximate surface area is 157 Å². The molecular formula is C17H16N4O3S2. The number of nitrogens with zero attached hydrogens (tertiary/aromatic N) is 2. The highest BCUT2D eigenvalue weighted by molar-refractivity contribution is 8.00. The van der Waals surface area contributed by atoms with Crippen LogP contribution in [0.5, 0.6) is 0 Å². The van der Waals surface area contributed by atoms with Gasteiger partial charge in [0.2, 0.25) is 5.91 Å². The molecule has 3 aromatic rings. The predicted molar refractivity (Wildman–Crippen MR) is 99.3 cm³/mol. The van der Waals surface area contributed by atoms with E-state index in [2.05, 4.69) is 20.6 Å². The number of aryl methyl sites for hydroxylation is 2. The number of carbonyl (C=O) groups is 2. The highest BCUT2D eigenvalue weighted by atomic mass is 32.2. The van der Waals surface area contributed by atoms with Gasteiger partial charge < -0.3 is 9.73 Å². The molecule has 3 amide bonds. The Morgan fingerprint density at radius 2 is 2.23 bits per heavy atom. The molecule has 0 aromatic carbocycles. The third-order valence-corrected chi connectivity index (χ3v) is 6.25. The summed E-state index contributed by atoms with van der Waals surface area (Å²) >= 11 is 3.04. The van der Waals surface area contributed by atoms with Crippen LogP contribution in [0.2, 0.25) is 0 Å². The standard InChI is InChI=1S/C17H16N4O3S2/c22-13(21-17(23)18-7-10-3-2-6-24-10)8-25-15-14-11-4-1-5-12(11)26-16(14)20-9-19-15/h2-3,6,9H,1,4-5,7-8H2,(H2,18,21,22,23). The first-order chi connectivity index (χ1) is 12.7. The molecule has 134 valence electrons. The summed E-state index contributed by atoms with van der Waals surface area (Å²) in [7, 11) is 0. The number of thioether (sulfide) groups is 1. The highest BCUT2D eigenvalue weighted by Gasteiger charge is 2.21. The molecule has 0 fully saturated rings. The molecule has 0 aliphatic heterocycles. The van der Waals surface area contributed by atoms with Gasteiger partial charge in [-0.15, -0.1) is 11.3 Å². The second-order valence-electron chi connectivity index (χ2n) is 5.82. The topological polar surface area (TPSA) is 97.1 Å². The molecule has 4 rings (SSSR count). The van der Waals surface area contributed by atoms with Gasteiger partial charge in [-0.1, -0.05) is 11.8 Å². The molecule has 0 radical (unpaired) electrons. The number of urea groups is 1. The maximum atomic E-state index is 12.0. The molecule has 1 aliphatic rings. The zero-order valence-corrected chi connectivity index (χ0v) is 15.4. The average Bonchev–Trinajstić information content (AvgIpc) is 3.34. The molecule has 0 saturated heterocycles. The molecule has 0 atom stereocenters. The second kappa shape index (κ2) is 7.46. The maximum absolute atomic E-state index is 12.0. The largest absolute Gasteiger partial charge is 0.467 e. The number of rotatable bonds is 5. The number of fused-ring (bicyclic) bond motifs is 3. The zero-order chi connectivity index (χ0) is 17.9. The van der Waals surface area contributed by atoms with Crippen LogP contribution in [0.15, 0.2) is 34.2 Å². The molecule has 3 aromatic heterocycles. The van der Waals surface area contributed by atoms with E-state index in [9.17, 15) is 9.59 Å². The number of nitrogens with one attached hydrogen (secondary N) is 2. The van der Waals surface area contributed by atoms with E-state index in [1.54, 1.807) is 23.5 Å². The quantitative estimate of drug-likeness (QED) is 0.515. The monoisotopic (exact) mass is 388 g/mol. The first-order valence-electron chi connectivity index (χ1n) is 8.19. The van der Waals surface area contributed by atoms with Gasteiger partial charge in [-0.05, 0) is 37.0 Å². The van der Waals surface area contributed by atoms with Crippen molar-refractivity contribution in [1.29, 1.82) is 0 Å². The second-order valence-corrected chi connectivity index (χ2v) is 7.86. The van der Waals surface area contributed by atoms with E-state index in [1.807, 2.05) is 0 Å². The van der Waals surface area contributed by atoms with Crippen LogP contribution in [0.4, 0.5) is 4.79 Å². The minimum atomic E-state index is -0.545. The molecule has 9 heteroatoms. The predicted octanol–water partition coefficient (Wildman–Crippen LogP) is 2.89. The first-order valence-corrected chi connectivity index (χ1v) is 9.99. The number of amides is 3. The van der Waals surface area contributed by atoms with Gasteiger partial charge in [0.05, 0.1) is 18.6 Å². The molecule has 0 spiro atoms. The van der Waals surface area contributed by atoms with Crippen LogP contribution in [0.1, 0.15) is 22.6 Å². The SMILES string of the molecule is O=C(CSc1ncnc2sc3c(c12)CCC3)NC(=O)NCc1ccco1. The van der Waals surface area contributed by atoms with Crippen molar-refractivity contribution in [2.75, 3.05) is 5.75 Å². The Hall–Kier alpha value is -2.39. The summed E-state index contributed by atoms with van der Waals surface area (Å²) in [5.74, 6) is 0.368. The fourth-order valence-electron chi connectivity index (χ4n) is 2.93. The Balaban J connectivity index is 1.34. The van der Waals surface area contributed by atoms with Crippen LogP contribution in [-0.4, -0.2) is 27.7 Å². The minimum Gasteiger partial charge on any atom is -0.467 e. The Morgan fingerprint density at radius 3 is 3.08 bits per heavy atom. The van der Waals surface area contributed by atoms with Gasteiger partial charge in [0.1, 0.15) is 21.9 Å². The third-order valence-electron chi connectivity index (χ3n) is 4.06. The summed E-state index contributed by atoms with van der Waals surface area (Å²) < 4.78 is 5.12. The smallest absolute Gasteiger partial charge is 0.321 e. The molecule has 2 N–H and O–H groups in total. The number of hydrogen-bond donors (Lipinski definition) is 2. The number of hydrogen-bond acceptors (Lipinski definition) is 7. The molecular weight excluding hydrogens is 372 g/mol. The van der Waals surface area contributed by atoms with E-state index in [1.165, 1.54) is 34.8 Å². The summed E-state index contributed by atoms with van der Waals surface area (Å²) in [5.41, 5.74) is 1.32. The summed E-state index contributed by atoms with van der Waals surface area (Å²) in [6, 6.07) is 2.94. The van der Waals surface area contributed by atoms with E-state index in [-0.39, 0.29) is 18.2 Å². The molecule has 0 saturated carbocycles. The lowest BCUT2D eigenvalue weighted by molar-refractivity contribution is -0.117. The van der Waals surface area contributed by atoms with Crippen molar-refractivity contribution < 1.29 is 14.0 Å². The van der Waals surface area contributed by atoms with Crippen molar-refractivity contribution in [2.24, 2.45) is 0 Å². The zero-order valence-electron chi connectivity index (χ0n) is 13.8. The van der Waals surface area contributed by atoms with Gasteiger partial charge in [0, 0.05) is 10.3 Å². The van der Waals surface area contributed by atoms with Gasteiger partial charge >= 0.3 is 6.03 Å². The van der Waals surface area contributed by atoms with Gasteiger partial charge in [-0.3, -0.25) is 10.1 Å². The van der Waals surface area contributed by atoms with Crippen LogP contribution >= 0.6 is 23.1 Å². The van der Waals surface area contributed by atoms with Crippen molar-refractivity contribution in [3.8, 4) is 0 Å². The Bertz CT molecular complexity index is 952. The number of carbonyl (C=O) groups excluding carboxylic acids is 2. The first kappa shape index (κ1) is 17.0. The van der Waals surface area contributed by atoms with E-state index in [0.29, 0.717) is 5.76 Å². The van der Waals surface area contributed by atoms with Crippen LogP contribution < -0.4 is 10.6 Å². The van der Waals surface area contributed by atoms with E-state index < -0.39 is 6.03 Å². The van der Waals surface area contributed by atoms with Gasteiger partial charge in [0.25, 0.3) is 0 Å². The maximum Gasteiger partial charge on any atom is 0.321 e. The lowest BCUT2D eigenvalue weighted by atomic mass is 10.2. The van der Waals surface area contributed by atoms with Crippen molar-refractivity contribution in [3.05, 3.63) is 40.9 Å². The highest BCUT2D eigenvalue weighted by Crippen LogP contribution is 2.39. The fraction of sp³-hybridized carbons (Fsp3) is 0.294. The molecule has 0 bridgehead atoms. The molecule has 7 nitrogen and oxygen atoms in total. The van der Waals surface area contributed by atoms with Crippen LogP contribution in [-0.2, 0) is 24.2 Å². The number of furan rings is 1. The molecule has 1 aliphatic carbocycles. The summed E-state index contributed by atoms with van der Waals surface area (Å²) in [6.07, 6.45) is 6.35. The summed E-state index contributed by atoms with van der Waals surface area (Å²) in [5, 5.41) is 6.77. The molecule has 26 heavy (non-hydrogen) atoms. The number of aromatic nitrogens is 2. The van der Waals surface area contributed by atoms with Crippen LogP contribution in [0.25, 0.3) is 10.2 Å². The fourth-order valence-corrected chi connectivity index (χ4v) is 5.05. The summed E-state index contributed by atoms with van der Waals surface area (Å²) in [4.78, 5) is 34.9. The van der Waals surface area contributed by atoms with Crippen molar-refractivity contribution in [2.45, 2.75) is 30.8 Å². The Morgan fingerprint density at radius 1 is 1.31 bits per heavy atom. The number of thiophene rings is 1. The van der Waals surface area contributed by atoms with Gasteiger partial charge in [-0.25, -0.2) is 14.8 Å². The van der Waals surface area contributed by atoms with Crippen molar-refractivity contribution in [3.63, 3.8) is 0 Å². The van der Waals surface area contributed by atoms with E-state index >= 15 is 0 Å². The van der Waals surface area contributed by atoms with Crippen molar-refractivity contribution in [1.82, 2.24) is 20.6 Å².